The number of para-hydroxylation sites is 1. The average molecular weight is 297 g/mol. The monoisotopic (exact) mass is 297 g/mol. The Bertz CT molecular complexity index is 511. The zero-order valence-electron chi connectivity index (χ0n) is 12.4. The van der Waals surface area contributed by atoms with E-state index in [0.717, 1.165) is 0 Å². The molecule has 0 bridgehead atoms. The third-order valence-electron chi connectivity index (χ3n) is 2.85. The summed E-state index contributed by atoms with van der Waals surface area (Å²) in [6.45, 7) is 5.15. The zero-order chi connectivity index (χ0) is 16.0. The van der Waals surface area contributed by atoms with Crippen molar-refractivity contribution in [2.45, 2.75) is 32.7 Å². The molecule has 0 aromatic heterocycles. The number of aliphatic carboxylic acids is 1. The second-order valence-corrected chi connectivity index (χ2v) is 5.58. The Morgan fingerprint density at radius 3 is 2.43 bits per heavy atom. The van der Waals surface area contributed by atoms with Crippen LogP contribution in [0.25, 0.3) is 0 Å². The lowest BCUT2D eigenvalue weighted by Crippen LogP contribution is -2.48. The molecule has 0 spiro atoms. The molecular weight excluding hydrogens is 277 g/mol. The van der Waals surface area contributed by atoms with Gasteiger partial charge in [-0.05, 0) is 32.9 Å². The maximum atomic E-state index is 13.4. The third-order valence-corrected chi connectivity index (χ3v) is 2.85. The fourth-order valence-electron chi connectivity index (χ4n) is 1.82. The van der Waals surface area contributed by atoms with Crippen molar-refractivity contribution in [3.05, 3.63) is 30.1 Å². The summed E-state index contributed by atoms with van der Waals surface area (Å²) in [5, 5.41) is 8.74. The lowest BCUT2D eigenvalue weighted by molar-refractivity contribution is -0.141. The molecule has 116 valence electrons. The van der Waals surface area contributed by atoms with Gasteiger partial charge in [0.1, 0.15) is 0 Å². The minimum absolute atomic E-state index is 0.00190. The van der Waals surface area contributed by atoms with Crippen LogP contribution in [0, 0.1) is 5.82 Å². The van der Waals surface area contributed by atoms with E-state index in [1.807, 2.05) is 0 Å². The van der Waals surface area contributed by atoms with Gasteiger partial charge < -0.3 is 14.7 Å². The van der Waals surface area contributed by atoms with Gasteiger partial charge in [0.05, 0.1) is 6.42 Å². The predicted molar refractivity (Wildman–Crippen MR) is 75.6 cm³/mol. The maximum absolute atomic E-state index is 13.4. The molecular formula is C15H20FNO4. The van der Waals surface area contributed by atoms with Crippen molar-refractivity contribution in [3.63, 3.8) is 0 Å². The normalized spacial score (nSPS) is 11.0. The highest BCUT2D eigenvalue weighted by Gasteiger charge is 2.27. The summed E-state index contributed by atoms with van der Waals surface area (Å²) in [5.41, 5.74) is -0.537. The van der Waals surface area contributed by atoms with Crippen molar-refractivity contribution in [2.75, 3.05) is 13.2 Å². The molecule has 1 N–H and O–H groups in total. The van der Waals surface area contributed by atoms with E-state index in [2.05, 4.69) is 0 Å². The Morgan fingerprint density at radius 1 is 1.29 bits per heavy atom. The van der Waals surface area contributed by atoms with Crippen LogP contribution in [-0.2, 0) is 9.59 Å². The van der Waals surface area contributed by atoms with Gasteiger partial charge in [0.25, 0.3) is 5.91 Å². The third kappa shape index (κ3) is 5.41. The topological polar surface area (TPSA) is 66.8 Å². The minimum atomic E-state index is -0.980. The van der Waals surface area contributed by atoms with Crippen LogP contribution in [0.5, 0.6) is 5.75 Å². The molecule has 1 aromatic carbocycles. The van der Waals surface area contributed by atoms with E-state index in [0.29, 0.717) is 0 Å². The van der Waals surface area contributed by atoms with E-state index < -0.39 is 17.3 Å². The molecule has 0 radical (unpaired) electrons. The molecule has 0 fully saturated rings. The highest BCUT2D eigenvalue weighted by molar-refractivity contribution is 5.79. The number of nitrogens with zero attached hydrogens (tertiary/aromatic N) is 1. The molecule has 0 saturated heterocycles. The number of rotatable bonds is 6. The number of hydrogen-bond acceptors (Lipinski definition) is 3. The second-order valence-electron chi connectivity index (χ2n) is 5.58. The van der Waals surface area contributed by atoms with E-state index >= 15 is 0 Å². The first kappa shape index (κ1) is 16.9. The standard InChI is InChI=1S/C15H20FNO4/c1-15(2,3)17(9-8-14(19)20)13(18)10-21-12-7-5-4-6-11(12)16/h4-7H,8-10H2,1-3H3,(H,19,20). The lowest BCUT2D eigenvalue weighted by atomic mass is 10.1. The number of amides is 1. The Morgan fingerprint density at radius 2 is 1.90 bits per heavy atom. The molecule has 1 aromatic rings. The summed E-state index contributed by atoms with van der Waals surface area (Å²) < 4.78 is 18.6. The summed E-state index contributed by atoms with van der Waals surface area (Å²) in [6.07, 6.45) is -0.150. The molecule has 0 aliphatic heterocycles. The quantitative estimate of drug-likeness (QED) is 0.875. The van der Waals surface area contributed by atoms with E-state index in [-0.39, 0.29) is 31.2 Å². The molecule has 0 atom stereocenters. The molecule has 6 heteroatoms. The number of carbonyl (C=O) groups is 2. The number of carboxylic acids is 1. The van der Waals surface area contributed by atoms with Gasteiger partial charge in [0, 0.05) is 12.1 Å². The number of ether oxygens (including phenoxy) is 1. The highest BCUT2D eigenvalue weighted by atomic mass is 19.1. The van der Waals surface area contributed by atoms with Crippen LogP contribution in [0.1, 0.15) is 27.2 Å². The molecule has 0 saturated carbocycles. The van der Waals surface area contributed by atoms with Gasteiger partial charge in [0.15, 0.2) is 18.2 Å². The predicted octanol–water partition coefficient (Wildman–Crippen LogP) is 2.31. The van der Waals surface area contributed by atoms with Crippen molar-refractivity contribution in [2.24, 2.45) is 0 Å². The molecule has 1 rings (SSSR count). The zero-order valence-corrected chi connectivity index (χ0v) is 12.4. The van der Waals surface area contributed by atoms with Crippen LogP contribution in [0.15, 0.2) is 24.3 Å². The summed E-state index contributed by atoms with van der Waals surface area (Å²) in [5.74, 6) is -1.91. The van der Waals surface area contributed by atoms with Gasteiger partial charge >= 0.3 is 5.97 Å². The van der Waals surface area contributed by atoms with Crippen LogP contribution >= 0.6 is 0 Å². The highest BCUT2D eigenvalue weighted by Crippen LogP contribution is 2.17. The maximum Gasteiger partial charge on any atom is 0.305 e. The number of halogens is 1. The van der Waals surface area contributed by atoms with Gasteiger partial charge in [-0.1, -0.05) is 12.1 Å². The number of carbonyl (C=O) groups excluding carboxylic acids is 1. The van der Waals surface area contributed by atoms with Crippen molar-refractivity contribution in [1.82, 2.24) is 4.90 Å². The molecule has 0 aliphatic rings. The molecule has 0 aliphatic carbocycles. The second kappa shape index (κ2) is 7.06. The van der Waals surface area contributed by atoms with Crippen molar-refractivity contribution < 1.29 is 23.8 Å². The molecule has 1 amide bonds. The molecule has 0 unspecified atom stereocenters. The first-order valence-corrected chi connectivity index (χ1v) is 6.61. The SMILES string of the molecule is CC(C)(C)N(CCC(=O)O)C(=O)COc1ccccc1F. The van der Waals surface area contributed by atoms with Crippen LogP contribution < -0.4 is 4.74 Å². The van der Waals surface area contributed by atoms with Gasteiger partial charge in [-0.3, -0.25) is 9.59 Å². The average Bonchev–Trinajstić information content (AvgIpc) is 2.36. The van der Waals surface area contributed by atoms with E-state index in [9.17, 15) is 14.0 Å². The van der Waals surface area contributed by atoms with Crippen molar-refractivity contribution >= 4 is 11.9 Å². The number of benzene rings is 1. The van der Waals surface area contributed by atoms with Gasteiger partial charge in [-0.2, -0.15) is 0 Å². The Kier molecular flexibility index (Phi) is 5.69. The van der Waals surface area contributed by atoms with E-state index in [1.165, 1.54) is 23.1 Å². The summed E-state index contributed by atoms with van der Waals surface area (Å²) >= 11 is 0. The molecule has 5 nitrogen and oxygen atoms in total. The van der Waals surface area contributed by atoms with Crippen LogP contribution in [-0.4, -0.2) is 40.6 Å². The van der Waals surface area contributed by atoms with Gasteiger partial charge in [-0.15, -0.1) is 0 Å². The summed E-state index contributed by atoms with van der Waals surface area (Å²) in [7, 11) is 0. The smallest absolute Gasteiger partial charge is 0.305 e. The molecule has 21 heavy (non-hydrogen) atoms. The Hall–Kier alpha value is -2.11. The fraction of sp³-hybridized carbons (Fsp3) is 0.467. The van der Waals surface area contributed by atoms with E-state index in [4.69, 9.17) is 9.84 Å². The fourth-order valence-corrected chi connectivity index (χ4v) is 1.82. The minimum Gasteiger partial charge on any atom is -0.481 e. The number of carboxylic acid groups (broad SMARTS) is 1. The van der Waals surface area contributed by atoms with Crippen LogP contribution in [0.3, 0.4) is 0 Å². The summed E-state index contributed by atoms with van der Waals surface area (Å²) in [6, 6.07) is 5.81. The number of hydrogen-bond donors (Lipinski definition) is 1. The summed E-state index contributed by atoms with van der Waals surface area (Å²) in [4.78, 5) is 24.2. The lowest BCUT2D eigenvalue weighted by Gasteiger charge is -2.35. The first-order chi connectivity index (χ1) is 9.71. The first-order valence-electron chi connectivity index (χ1n) is 6.61. The van der Waals surface area contributed by atoms with Crippen LogP contribution in [0.4, 0.5) is 4.39 Å². The van der Waals surface area contributed by atoms with Crippen molar-refractivity contribution in [1.29, 1.82) is 0 Å². The van der Waals surface area contributed by atoms with E-state index in [1.54, 1.807) is 26.8 Å². The van der Waals surface area contributed by atoms with Gasteiger partial charge in [0.2, 0.25) is 0 Å². The Labute approximate surface area is 123 Å². The van der Waals surface area contributed by atoms with Crippen molar-refractivity contribution in [3.8, 4) is 5.75 Å². The van der Waals surface area contributed by atoms with Gasteiger partial charge in [-0.25, -0.2) is 4.39 Å². The largest absolute Gasteiger partial charge is 0.481 e. The Balaban J connectivity index is 2.69. The molecule has 0 heterocycles. The van der Waals surface area contributed by atoms with Crippen LogP contribution in [0.2, 0.25) is 0 Å².